The van der Waals surface area contributed by atoms with Crippen LogP contribution >= 0.6 is 0 Å². The van der Waals surface area contributed by atoms with Crippen molar-refractivity contribution >= 4 is 21.4 Å². The molecule has 6 nitrogen and oxygen atoms in total. The zero-order valence-corrected chi connectivity index (χ0v) is 13.6. The second-order valence-corrected chi connectivity index (χ2v) is 6.93. The predicted molar refractivity (Wildman–Crippen MR) is 84.5 cm³/mol. The summed E-state index contributed by atoms with van der Waals surface area (Å²) < 4.78 is 40.6. The first kappa shape index (κ1) is 16.9. The fraction of sp³-hybridized carbons (Fsp3) is 0.200. The molecule has 0 spiro atoms. The molecule has 0 saturated heterocycles. The number of nitrogens with one attached hydrogen (secondary N) is 1. The third kappa shape index (κ3) is 3.48. The van der Waals surface area contributed by atoms with Gasteiger partial charge in [0.2, 0.25) is 5.82 Å². The Bertz CT molecular complexity index is 871. The summed E-state index contributed by atoms with van der Waals surface area (Å²) in [5.41, 5.74) is 1.96. The van der Waals surface area contributed by atoms with Crippen LogP contribution in [0.25, 0.3) is 0 Å². The third-order valence-electron chi connectivity index (χ3n) is 3.34. The first-order valence-electron chi connectivity index (χ1n) is 6.66. The number of nitro benzene ring substituents is 1. The molecule has 122 valence electrons. The molecule has 0 aliphatic carbocycles. The lowest BCUT2D eigenvalue weighted by Crippen LogP contribution is -2.15. The van der Waals surface area contributed by atoms with Crippen molar-refractivity contribution in [2.45, 2.75) is 25.7 Å². The highest BCUT2D eigenvalue weighted by molar-refractivity contribution is 7.92. The van der Waals surface area contributed by atoms with Crippen molar-refractivity contribution in [1.82, 2.24) is 0 Å². The van der Waals surface area contributed by atoms with Crippen LogP contribution in [-0.4, -0.2) is 13.3 Å². The molecule has 0 bridgehead atoms. The van der Waals surface area contributed by atoms with Crippen molar-refractivity contribution in [3.05, 3.63) is 63.0 Å². The minimum Gasteiger partial charge on any atom is -0.279 e. The molecular weight excluding hydrogens is 323 g/mol. The number of sulfonamides is 1. The van der Waals surface area contributed by atoms with E-state index in [1.54, 1.807) is 13.8 Å². The van der Waals surface area contributed by atoms with E-state index >= 15 is 0 Å². The summed E-state index contributed by atoms with van der Waals surface area (Å²) in [6.07, 6.45) is 0. The Hall–Kier alpha value is -2.48. The summed E-state index contributed by atoms with van der Waals surface area (Å²) in [5.74, 6) is -1.09. The normalized spacial score (nSPS) is 11.3. The Kier molecular flexibility index (Phi) is 4.37. The lowest BCUT2D eigenvalue weighted by atomic mass is 10.1. The molecule has 8 heteroatoms. The van der Waals surface area contributed by atoms with Crippen molar-refractivity contribution in [1.29, 1.82) is 0 Å². The maximum absolute atomic E-state index is 13.4. The van der Waals surface area contributed by atoms with E-state index in [-0.39, 0.29) is 4.90 Å². The van der Waals surface area contributed by atoms with Gasteiger partial charge in [-0.1, -0.05) is 17.7 Å². The number of anilines is 1. The molecule has 0 radical (unpaired) electrons. The van der Waals surface area contributed by atoms with E-state index in [2.05, 4.69) is 4.72 Å². The Morgan fingerprint density at radius 2 is 1.65 bits per heavy atom. The van der Waals surface area contributed by atoms with Gasteiger partial charge in [0.25, 0.3) is 10.0 Å². The van der Waals surface area contributed by atoms with Gasteiger partial charge in [-0.3, -0.25) is 14.8 Å². The Balaban J connectivity index is 2.48. The lowest BCUT2D eigenvalue weighted by molar-refractivity contribution is -0.387. The summed E-state index contributed by atoms with van der Waals surface area (Å²) in [6, 6.07) is 6.09. The number of halogens is 1. The number of aryl methyl sites for hydroxylation is 3. The average molecular weight is 338 g/mol. The smallest absolute Gasteiger partial charge is 0.279 e. The number of hydrogen-bond acceptors (Lipinski definition) is 4. The van der Waals surface area contributed by atoms with E-state index in [0.717, 1.165) is 28.8 Å². The van der Waals surface area contributed by atoms with Crippen LogP contribution in [0.15, 0.2) is 35.2 Å². The van der Waals surface area contributed by atoms with E-state index < -0.39 is 26.5 Å². The molecule has 0 heterocycles. The van der Waals surface area contributed by atoms with E-state index in [1.807, 2.05) is 19.1 Å². The van der Waals surface area contributed by atoms with Crippen molar-refractivity contribution in [3.63, 3.8) is 0 Å². The largest absolute Gasteiger partial charge is 0.306 e. The van der Waals surface area contributed by atoms with Crippen molar-refractivity contribution < 1.29 is 17.7 Å². The molecule has 23 heavy (non-hydrogen) atoms. The van der Waals surface area contributed by atoms with Crippen LogP contribution in [0.2, 0.25) is 0 Å². The Morgan fingerprint density at radius 1 is 1.09 bits per heavy atom. The second kappa shape index (κ2) is 5.96. The van der Waals surface area contributed by atoms with Crippen LogP contribution in [0.3, 0.4) is 0 Å². The summed E-state index contributed by atoms with van der Waals surface area (Å²) in [6.45, 7) is 5.40. The van der Waals surface area contributed by atoms with Crippen molar-refractivity contribution in [3.8, 4) is 0 Å². The van der Waals surface area contributed by atoms with E-state index in [4.69, 9.17) is 0 Å². The fourth-order valence-corrected chi connectivity index (χ4v) is 3.56. The van der Waals surface area contributed by atoms with Crippen LogP contribution in [0.1, 0.15) is 16.7 Å². The highest BCUT2D eigenvalue weighted by Gasteiger charge is 2.22. The zero-order valence-electron chi connectivity index (χ0n) is 12.8. The Labute approximate surface area is 133 Å². The maximum atomic E-state index is 13.4. The molecular formula is C15H15FN2O4S. The molecule has 0 unspecified atom stereocenters. The van der Waals surface area contributed by atoms with Gasteiger partial charge in [0.05, 0.1) is 15.5 Å². The molecule has 1 N–H and O–H groups in total. The van der Waals surface area contributed by atoms with Gasteiger partial charge in [-0.2, -0.15) is 4.39 Å². The van der Waals surface area contributed by atoms with Crippen LogP contribution < -0.4 is 4.72 Å². The third-order valence-corrected chi connectivity index (χ3v) is 4.69. The highest BCUT2D eigenvalue weighted by atomic mass is 32.2. The molecule has 0 saturated carbocycles. The number of hydrogen-bond donors (Lipinski definition) is 1. The number of rotatable bonds is 4. The van der Waals surface area contributed by atoms with Crippen LogP contribution in [0, 0.1) is 36.7 Å². The SMILES string of the molecule is Cc1cc(C)c(NS(=O)(=O)c2ccc(F)c([N+](=O)[O-])c2)c(C)c1. The van der Waals surface area contributed by atoms with Crippen LogP contribution in [0.5, 0.6) is 0 Å². The van der Waals surface area contributed by atoms with E-state index in [0.29, 0.717) is 11.8 Å². The predicted octanol–water partition coefficient (Wildman–Crippen LogP) is 3.46. The van der Waals surface area contributed by atoms with Crippen LogP contribution in [0.4, 0.5) is 15.8 Å². The number of benzene rings is 2. The molecule has 0 fully saturated rings. The maximum Gasteiger partial charge on any atom is 0.306 e. The van der Waals surface area contributed by atoms with E-state index in [1.165, 1.54) is 0 Å². The number of nitrogens with zero attached hydrogens (tertiary/aromatic N) is 1. The van der Waals surface area contributed by atoms with Gasteiger partial charge in [-0.25, -0.2) is 8.42 Å². The highest BCUT2D eigenvalue weighted by Crippen LogP contribution is 2.27. The molecule has 0 atom stereocenters. The molecule has 0 aliphatic rings. The van der Waals surface area contributed by atoms with Gasteiger partial charge in [0, 0.05) is 6.07 Å². The number of nitro groups is 1. The first-order chi connectivity index (χ1) is 10.6. The summed E-state index contributed by atoms with van der Waals surface area (Å²) in [4.78, 5) is 9.42. The molecule has 2 aromatic carbocycles. The van der Waals surface area contributed by atoms with Gasteiger partial charge < -0.3 is 0 Å². The molecule has 0 aromatic heterocycles. The minimum absolute atomic E-state index is 0.370. The van der Waals surface area contributed by atoms with Gasteiger partial charge in [0.15, 0.2) is 0 Å². The molecule has 2 aromatic rings. The quantitative estimate of drug-likeness (QED) is 0.683. The van der Waals surface area contributed by atoms with Gasteiger partial charge in [0.1, 0.15) is 0 Å². The zero-order chi connectivity index (χ0) is 17.4. The van der Waals surface area contributed by atoms with Gasteiger partial charge >= 0.3 is 5.69 Å². The summed E-state index contributed by atoms with van der Waals surface area (Å²) in [7, 11) is -4.07. The summed E-state index contributed by atoms with van der Waals surface area (Å²) in [5, 5.41) is 10.8. The van der Waals surface area contributed by atoms with E-state index in [9.17, 15) is 22.9 Å². The second-order valence-electron chi connectivity index (χ2n) is 5.25. The first-order valence-corrected chi connectivity index (χ1v) is 8.15. The minimum atomic E-state index is -4.07. The molecule has 0 aliphatic heterocycles. The standard InChI is InChI=1S/C15H15FN2O4S/c1-9-6-10(2)15(11(3)7-9)17-23(21,22)12-4-5-13(16)14(8-12)18(19)20/h4-8,17H,1-3H3. The van der Waals surface area contributed by atoms with Crippen LogP contribution in [-0.2, 0) is 10.0 Å². The van der Waals surface area contributed by atoms with Crippen molar-refractivity contribution in [2.24, 2.45) is 0 Å². The summed E-state index contributed by atoms with van der Waals surface area (Å²) >= 11 is 0. The molecule has 2 rings (SSSR count). The molecule has 0 amide bonds. The monoisotopic (exact) mass is 338 g/mol. The topological polar surface area (TPSA) is 89.3 Å². The van der Waals surface area contributed by atoms with Crippen molar-refractivity contribution in [2.75, 3.05) is 4.72 Å². The van der Waals surface area contributed by atoms with Gasteiger partial charge in [-0.05, 0) is 44.0 Å². The van der Waals surface area contributed by atoms with Gasteiger partial charge in [-0.15, -0.1) is 0 Å². The lowest BCUT2D eigenvalue weighted by Gasteiger charge is -2.14. The average Bonchev–Trinajstić information content (AvgIpc) is 2.42. The Morgan fingerprint density at radius 3 is 2.17 bits per heavy atom. The fourth-order valence-electron chi connectivity index (χ4n) is 2.33.